The monoisotopic (exact) mass is 620 g/mol. The first kappa shape index (κ1) is 32.1. The molecule has 2 atom stereocenters. The van der Waals surface area contributed by atoms with Gasteiger partial charge in [0, 0.05) is 37.8 Å². The summed E-state index contributed by atoms with van der Waals surface area (Å²) >= 11 is 0. The van der Waals surface area contributed by atoms with E-state index in [0.29, 0.717) is 29.9 Å². The fourth-order valence-electron chi connectivity index (χ4n) is 6.07. The minimum Gasteiger partial charge on any atom is -0.391 e. The van der Waals surface area contributed by atoms with Crippen molar-refractivity contribution >= 4 is 25.6 Å². The molecule has 1 aromatic carbocycles. The maximum atomic E-state index is 13.8. The van der Waals surface area contributed by atoms with E-state index in [1.165, 1.54) is 4.68 Å². The Labute approximate surface area is 261 Å². The minimum atomic E-state index is -1.15. The van der Waals surface area contributed by atoms with E-state index in [1.807, 2.05) is 35.9 Å². The Morgan fingerprint density at radius 1 is 1.05 bits per heavy atom. The number of ether oxygens (including phenoxy) is 1. The summed E-state index contributed by atoms with van der Waals surface area (Å²) in [5.41, 5.74) is 5.09. The van der Waals surface area contributed by atoms with Gasteiger partial charge in [0.2, 0.25) is 5.91 Å². The predicted molar refractivity (Wildman–Crippen MR) is 174 cm³/mol. The topological polar surface area (TPSA) is 123 Å². The van der Waals surface area contributed by atoms with Crippen molar-refractivity contribution in [1.82, 2.24) is 24.9 Å². The van der Waals surface area contributed by atoms with Crippen LogP contribution in [-0.2, 0) is 22.8 Å². The van der Waals surface area contributed by atoms with Gasteiger partial charge < -0.3 is 20.5 Å². The Bertz CT molecular complexity index is 1440. The van der Waals surface area contributed by atoms with E-state index < -0.39 is 20.2 Å². The average Bonchev–Trinajstić information content (AvgIpc) is 3.89. The second-order valence-corrected chi connectivity index (χ2v) is 19.5. The Hall–Kier alpha value is -3.28. The number of nitrogens with one attached hydrogen (secondary N) is 2. The number of carbonyl (C=O) groups is 2. The van der Waals surface area contributed by atoms with Crippen LogP contribution in [0.25, 0.3) is 11.1 Å². The van der Waals surface area contributed by atoms with Crippen LogP contribution < -0.4 is 10.6 Å². The first-order valence-corrected chi connectivity index (χ1v) is 19.7. The van der Waals surface area contributed by atoms with Crippen molar-refractivity contribution in [3.63, 3.8) is 0 Å². The summed E-state index contributed by atoms with van der Waals surface area (Å²) in [7, 11) is -1.15. The number of rotatable bonds is 15. The Morgan fingerprint density at radius 3 is 2.30 bits per heavy atom. The number of anilines is 1. The molecule has 2 saturated carbocycles. The lowest BCUT2D eigenvalue weighted by atomic mass is 9.88. The summed E-state index contributed by atoms with van der Waals surface area (Å²) in [5, 5.41) is 24.9. The molecule has 3 N–H and O–H groups in total. The van der Waals surface area contributed by atoms with Crippen molar-refractivity contribution in [3.8, 4) is 11.1 Å². The first-order valence-electron chi connectivity index (χ1n) is 15.9. The maximum Gasteiger partial charge on any atom is 0.270 e. The second-order valence-electron chi connectivity index (χ2n) is 13.9. The van der Waals surface area contributed by atoms with Crippen LogP contribution in [0.3, 0.4) is 0 Å². The molecule has 2 aliphatic rings. The number of aryl methyl sites for hydroxylation is 1. The molecule has 2 aliphatic carbocycles. The normalized spacial score (nSPS) is 16.6. The molecule has 0 bridgehead atoms. The van der Waals surface area contributed by atoms with E-state index >= 15 is 0 Å². The number of carbonyl (C=O) groups excluding carboxylic acids is 2. The molecule has 10 nitrogen and oxygen atoms in total. The fraction of sp³-hybridized carbons (Fsp3) is 0.576. The Morgan fingerprint density at radius 2 is 1.70 bits per heavy atom. The van der Waals surface area contributed by atoms with Crippen LogP contribution in [0.2, 0.25) is 25.7 Å². The molecule has 11 heteroatoms. The quantitative estimate of drug-likeness (QED) is 0.158. The SMILES string of the molecule is Cc1nn(COCC[Si](C)(C)C)c(C)c1-c1ccc(NC(=O)[C@@H](NC(=O)c2ccnn2CC(C)O)C(C2CC2)C2CC2)cc1. The number of nitrogens with zero attached hydrogens (tertiary/aromatic N) is 4. The van der Waals surface area contributed by atoms with Crippen molar-refractivity contribution in [2.24, 2.45) is 17.8 Å². The number of aliphatic hydroxyl groups is 1. The number of amides is 2. The number of hydrogen-bond acceptors (Lipinski definition) is 6. The lowest BCUT2D eigenvalue weighted by molar-refractivity contribution is -0.119. The third-order valence-corrected chi connectivity index (χ3v) is 10.4. The molecule has 238 valence electrons. The van der Waals surface area contributed by atoms with Gasteiger partial charge in [-0.05, 0) is 94.0 Å². The summed E-state index contributed by atoms with van der Waals surface area (Å²) in [6.07, 6.45) is 5.25. The van der Waals surface area contributed by atoms with Crippen LogP contribution in [-0.4, -0.2) is 63.3 Å². The van der Waals surface area contributed by atoms with E-state index in [4.69, 9.17) is 9.84 Å². The van der Waals surface area contributed by atoms with E-state index in [0.717, 1.165) is 60.8 Å². The van der Waals surface area contributed by atoms with Crippen molar-refractivity contribution in [2.75, 3.05) is 11.9 Å². The van der Waals surface area contributed by atoms with Crippen LogP contribution in [0.4, 0.5) is 5.69 Å². The zero-order valence-corrected chi connectivity index (χ0v) is 28.0. The molecule has 2 fully saturated rings. The highest BCUT2D eigenvalue weighted by molar-refractivity contribution is 6.76. The zero-order valence-electron chi connectivity index (χ0n) is 27.0. The molecule has 3 aromatic rings. The molecule has 2 aromatic heterocycles. The third-order valence-electron chi connectivity index (χ3n) is 8.71. The van der Waals surface area contributed by atoms with E-state index in [1.54, 1.807) is 19.2 Å². The summed E-state index contributed by atoms with van der Waals surface area (Å²) < 4.78 is 9.35. The van der Waals surface area contributed by atoms with Gasteiger partial charge in [0.15, 0.2) is 0 Å². The van der Waals surface area contributed by atoms with Crippen LogP contribution in [0.15, 0.2) is 36.5 Å². The van der Waals surface area contributed by atoms with Gasteiger partial charge >= 0.3 is 0 Å². The Kier molecular flexibility index (Phi) is 9.76. The highest BCUT2D eigenvalue weighted by atomic mass is 28.3. The van der Waals surface area contributed by atoms with E-state index in [-0.39, 0.29) is 24.3 Å². The maximum absolute atomic E-state index is 13.8. The molecule has 44 heavy (non-hydrogen) atoms. The van der Waals surface area contributed by atoms with Crippen LogP contribution >= 0.6 is 0 Å². The standard InChI is InChI=1S/C33H48N6O4Si/c1-21(40)19-38-28(15-16-34-38)32(41)36-31(30(25-7-8-25)26-9-10-26)33(42)35-27-13-11-24(12-14-27)29-22(2)37-39(23(29)3)20-43-17-18-44(4,5)6/h11-16,21,25-26,30-31,40H,7-10,17-20H2,1-6H3,(H,35,42)(H,36,41)/t21?,31-/m0/s1. The van der Waals surface area contributed by atoms with Crippen LogP contribution in [0.1, 0.15) is 54.5 Å². The molecule has 0 radical (unpaired) electrons. The van der Waals surface area contributed by atoms with Gasteiger partial charge in [-0.25, -0.2) is 4.68 Å². The van der Waals surface area contributed by atoms with Crippen molar-refractivity contribution in [2.45, 2.75) is 97.6 Å². The highest BCUT2D eigenvalue weighted by Gasteiger charge is 2.48. The number of aromatic nitrogens is 4. The van der Waals surface area contributed by atoms with Crippen LogP contribution in [0.5, 0.6) is 0 Å². The largest absolute Gasteiger partial charge is 0.391 e. The predicted octanol–water partition coefficient (Wildman–Crippen LogP) is 5.23. The number of aliphatic hydroxyl groups excluding tert-OH is 1. The first-order chi connectivity index (χ1) is 20.9. The van der Waals surface area contributed by atoms with E-state index in [9.17, 15) is 14.7 Å². The number of benzene rings is 1. The van der Waals surface area contributed by atoms with Gasteiger partial charge in [0.05, 0.1) is 18.3 Å². The fourth-order valence-corrected chi connectivity index (χ4v) is 6.83. The molecule has 2 amide bonds. The van der Waals surface area contributed by atoms with Gasteiger partial charge in [0.25, 0.3) is 5.91 Å². The molecular formula is C33H48N6O4Si. The minimum absolute atomic E-state index is 0.107. The van der Waals surface area contributed by atoms with Gasteiger partial charge in [-0.15, -0.1) is 0 Å². The van der Waals surface area contributed by atoms with E-state index in [2.05, 4.69) is 42.3 Å². The summed E-state index contributed by atoms with van der Waals surface area (Å²) in [6, 6.07) is 9.92. The van der Waals surface area contributed by atoms with Crippen molar-refractivity contribution in [3.05, 3.63) is 53.6 Å². The third kappa shape index (κ3) is 8.05. The molecule has 0 saturated heterocycles. The smallest absolute Gasteiger partial charge is 0.270 e. The summed E-state index contributed by atoms with van der Waals surface area (Å²) in [4.78, 5) is 27.2. The van der Waals surface area contributed by atoms with Crippen molar-refractivity contribution < 1.29 is 19.4 Å². The molecule has 2 heterocycles. The Balaban J connectivity index is 1.28. The molecular weight excluding hydrogens is 572 g/mol. The highest BCUT2D eigenvalue weighted by Crippen LogP contribution is 2.51. The van der Waals surface area contributed by atoms with Gasteiger partial charge in [-0.2, -0.15) is 10.2 Å². The lowest BCUT2D eigenvalue weighted by Crippen LogP contribution is -2.50. The average molecular weight is 621 g/mol. The van der Waals surface area contributed by atoms with Gasteiger partial charge in [-0.1, -0.05) is 31.8 Å². The summed E-state index contributed by atoms with van der Waals surface area (Å²) in [6.45, 7) is 14.1. The second kappa shape index (κ2) is 13.4. The lowest BCUT2D eigenvalue weighted by Gasteiger charge is -2.27. The molecule has 1 unspecified atom stereocenters. The summed E-state index contributed by atoms with van der Waals surface area (Å²) in [5.74, 6) is 0.454. The van der Waals surface area contributed by atoms with Crippen LogP contribution in [0, 0.1) is 31.6 Å². The molecule has 0 aliphatic heterocycles. The number of hydrogen-bond donors (Lipinski definition) is 3. The van der Waals surface area contributed by atoms with Gasteiger partial charge in [0.1, 0.15) is 18.5 Å². The molecule has 5 rings (SSSR count). The molecule has 0 spiro atoms. The van der Waals surface area contributed by atoms with Gasteiger partial charge in [-0.3, -0.25) is 14.3 Å². The zero-order chi connectivity index (χ0) is 31.6. The van der Waals surface area contributed by atoms with Crippen molar-refractivity contribution in [1.29, 1.82) is 0 Å².